The molecule has 106 valence electrons. The van der Waals surface area contributed by atoms with Crippen molar-refractivity contribution in [1.29, 1.82) is 0 Å². The largest absolute Gasteiger partial charge is 0.488 e. The highest BCUT2D eigenvalue weighted by Gasteiger charge is 2.08. The lowest BCUT2D eigenvalue weighted by molar-refractivity contribution is 0.302. The number of aryl methyl sites for hydroxylation is 2. The van der Waals surface area contributed by atoms with E-state index in [2.05, 4.69) is 28.1 Å². The van der Waals surface area contributed by atoms with Crippen molar-refractivity contribution < 1.29 is 4.74 Å². The second-order valence-electron chi connectivity index (χ2n) is 4.79. The molecule has 0 bridgehead atoms. The van der Waals surface area contributed by atoms with E-state index in [0.717, 1.165) is 32.5 Å². The summed E-state index contributed by atoms with van der Waals surface area (Å²) in [5.41, 5.74) is 9.95. The highest BCUT2D eigenvalue weighted by Crippen LogP contribution is 2.27. The molecule has 0 aliphatic rings. The minimum absolute atomic E-state index is 0.454. The zero-order valence-electron chi connectivity index (χ0n) is 11.5. The van der Waals surface area contributed by atoms with Gasteiger partial charge in [-0.05, 0) is 42.7 Å². The van der Waals surface area contributed by atoms with Crippen molar-refractivity contribution in [2.45, 2.75) is 27.0 Å². The van der Waals surface area contributed by atoms with E-state index in [-0.39, 0.29) is 0 Å². The SMILES string of the molecule is Cc1cc(CN)cc(C)c1OCc1ccc(Br)cc1Cl. The summed E-state index contributed by atoms with van der Waals surface area (Å²) in [4.78, 5) is 0. The van der Waals surface area contributed by atoms with Crippen molar-refractivity contribution in [2.24, 2.45) is 5.73 Å². The summed E-state index contributed by atoms with van der Waals surface area (Å²) in [7, 11) is 0. The van der Waals surface area contributed by atoms with E-state index < -0.39 is 0 Å². The van der Waals surface area contributed by atoms with Gasteiger partial charge in [0.1, 0.15) is 12.4 Å². The third-order valence-corrected chi connectivity index (χ3v) is 3.99. The minimum atomic E-state index is 0.454. The molecular weight excluding hydrogens is 338 g/mol. The Bertz CT molecular complexity index is 605. The topological polar surface area (TPSA) is 35.2 Å². The van der Waals surface area contributed by atoms with Crippen molar-refractivity contribution in [3.05, 3.63) is 62.1 Å². The molecule has 0 unspecified atom stereocenters. The molecule has 0 aliphatic heterocycles. The number of rotatable bonds is 4. The summed E-state index contributed by atoms with van der Waals surface area (Å²) < 4.78 is 6.90. The maximum atomic E-state index is 6.20. The van der Waals surface area contributed by atoms with Gasteiger partial charge in [-0.25, -0.2) is 0 Å². The summed E-state index contributed by atoms with van der Waals surface area (Å²) in [6, 6.07) is 9.92. The van der Waals surface area contributed by atoms with Gasteiger partial charge in [0.05, 0.1) is 0 Å². The van der Waals surface area contributed by atoms with Crippen LogP contribution in [0, 0.1) is 13.8 Å². The first-order chi connectivity index (χ1) is 9.51. The molecular formula is C16H17BrClNO. The molecule has 2 aromatic rings. The van der Waals surface area contributed by atoms with Crippen LogP contribution in [0.15, 0.2) is 34.8 Å². The highest BCUT2D eigenvalue weighted by atomic mass is 79.9. The van der Waals surface area contributed by atoms with Crippen molar-refractivity contribution in [2.75, 3.05) is 0 Å². The Morgan fingerprint density at radius 1 is 1.15 bits per heavy atom. The minimum Gasteiger partial charge on any atom is -0.488 e. The number of hydrogen-bond acceptors (Lipinski definition) is 2. The third-order valence-electron chi connectivity index (χ3n) is 3.14. The molecule has 4 heteroatoms. The summed E-state index contributed by atoms with van der Waals surface area (Å²) in [5.74, 6) is 0.904. The second kappa shape index (κ2) is 6.61. The molecule has 0 radical (unpaired) electrons. The molecule has 0 saturated heterocycles. The van der Waals surface area contributed by atoms with E-state index >= 15 is 0 Å². The zero-order valence-corrected chi connectivity index (χ0v) is 13.9. The number of benzene rings is 2. The van der Waals surface area contributed by atoms with Gasteiger partial charge < -0.3 is 10.5 Å². The average molecular weight is 355 g/mol. The fraction of sp³-hybridized carbons (Fsp3) is 0.250. The lowest BCUT2D eigenvalue weighted by Gasteiger charge is -2.14. The van der Waals surface area contributed by atoms with Gasteiger partial charge in [-0.1, -0.05) is 45.7 Å². The molecule has 2 N–H and O–H groups in total. The molecule has 0 saturated carbocycles. The smallest absolute Gasteiger partial charge is 0.125 e. The third kappa shape index (κ3) is 3.54. The summed E-state index contributed by atoms with van der Waals surface area (Å²) >= 11 is 9.59. The van der Waals surface area contributed by atoms with E-state index in [1.807, 2.05) is 32.0 Å². The van der Waals surface area contributed by atoms with Crippen LogP contribution < -0.4 is 10.5 Å². The van der Waals surface area contributed by atoms with Gasteiger partial charge in [0.25, 0.3) is 0 Å². The van der Waals surface area contributed by atoms with Crippen LogP contribution in [0.5, 0.6) is 5.75 Å². The predicted octanol–water partition coefficient (Wildman–Crippen LogP) is 4.76. The van der Waals surface area contributed by atoms with Crippen LogP contribution >= 0.6 is 27.5 Å². The standard InChI is InChI=1S/C16H17BrClNO/c1-10-5-12(8-19)6-11(2)16(10)20-9-13-3-4-14(17)7-15(13)18/h3-7H,8-9,19H2,1-2H3. The van der Waals surface area contributed by atoms with E-state index in [4.69, 9.17) is 22.1 Å². The van der Waals surface area contributed by atoms with E-state index in [1.54, 1.807) is 0 Å². The van der Waals surface area contributed by atoms with Gasteiger partial charge in [-0.2, -0.15) is 0 Å². The van der Waals surface area contributed by atoms with Crippen molar-refractivity contribution >= 4 is 27.5 Å². The number of nitrogens with two attached hydrogens (primary N) is 1. The fourth-order valence-electron chi connectivity index (χ4n) is 2.17. The summed E-state index contributed by atoms with van der Waals surface area (Å²) in [6.45, 7) is 5.06. The Morgan fingerprint density at radius 3 is 2.35 bits per heavy atom. The Morgan fingerprint density at radius 2 is 1.80 bits per heavy atom. The van der Waals surface area contributed by atoms with E-state index in [9.17, 15) is 0 Å². The van der Waals surface area contributed by atoms with Gasteiger partial charge >= 0.3 is 0 Å². The first-order valence-corrected chi connectivity index (χ1v) is 7.55. The Balaban J connectivity index is 2.19. The van der Waals surface area contributed by atoms with Crippen LogP contribution in [0.1, 0.15) is 22.3 Å². The molecule has 2 rings (SSSR count). The molecule has 0 atom stereocenters. The quantitative estimate of drug-likeness (QED) is 0.859. The monoisotopic (exact) mass is 353 g/mol. The van der Waals surface area contributed by atoms with Gasteiger partial charge in [0.15, 0.2) is 0 Å². The van der Waals surface area contributed by atoms with Crippen LogP contribution in [-0.4, -0.2) is 0 Å². The van der Waals surface area contributed by atoms with Crippen molar-refractivity contribution in [3.8, 4) is 5.75 Å². The second-order valence-corrected chi connectivity index (χ2v) is 6.11. The number of halogens is 2. The van der Waals surface area contributed by atoms with Gasteiger partial charge in [-0.3, -0.25) is 0 Å². The normalized spacial score (nSPS) is 10.7. The zero-order chi connectivity index (χ0) is 14.7. The lowest BCUT2D eigenvalue weighted by Crippen LogP contribution is -2.02. The molecule has 0 amide bonds. The molecule has 0 fully saturated rings. The Labute approximate surface area is 133 Å². The number of hydrogen-bond donors (Lipinski definition) is 1. The number of ether oxygens (including phenoxy) is 1. The van der Waals surface area contributed by atoms with Gasteiger partial charge in [-0.15, -0.1) is 0 Å². The fourth-order valence-corrected chi connectivity index (χ4v) is 2.90. The molecule has 2 aromatic carbocycles. The maximum absolute atomic E-state index is 6.20. The molecule has 0 aliphatic carbocycles. The van der Waals surface area contributed by atoms with Crippen LogP contribution in [0.3, 0.4) is 0 Å². The first-order valence-electron chi connectivity index (χ1n) is 6.38. The van der Waals surface area contributed by atoms with Gasteiger partial charge in [0, 0.05) is 21.6 Å². The lowest BCUT2D eigenvalue weighted by atomic mass is 10.1. The van der Waals surface area contributed by atoms with Crippen molar-refractivity contribution in [1.82, 2.24) is 0 Å². The average Bonchev–Trinajstić information content (AvgIpc) is 2.39. The highest BCUT2D eigenvalue weighted by molar-refractivity contribution is 9.10. The van der Waals surface area contributed by atoms with E-state index in [1.165, 1.54) is 0 Å². The summed E-state index contributed by atoms with van der Waals surface area (Å²) in [5, 5.41) is 0.702. The van der Waals surface area contributed by atoms with Gasteiger partial charge in [0.2, 0.25) is 0 Å². The van der Waals surface area contributed by atoms with Crippen LogP contribution in [0.4, 0.5) is 0 Å². The van der Waals surface area contributed by atoms with Crippen LogP contribution in [0.25, 0.3) is 0 Å². The molecule has 2 nitrogen and oxygen atoms in total. The van der Waals surface area contributed by atoms with Crippen LogP contribution in [0.2, 0.25) is 5.02 Å². The van der Waals surface area contributed by atoms with Crippen LogP contribution in [-0.2, 0) is 13.2 Å². The Kier molecular flexibility index (Phi) is 5.08. The van der Waals surface area contributed by atoms with E-state index in [0.29, 0.717) is 18.2 Å². The summed E-state index contributed by atoms with van der Waals surface area (Å²) in [6.07, 6.45) is 0. The molecule has 0 heterocycles. The maximum Gasteiger partial charge on any atom is 0.125 e. The molecule has 20 heavy (non-hydrogen) atoms. The first kappa shape index (κ1) is 15.4. The Hall–Kier alpha value is -1.03. The molecule has 0 aromatic heterocycles. The predicted molar refractivity (Wildman–Crippen MR) is 87.3 cm³/mol. The molecule has 0 spiro atoms. The van der Waals surface area contributed by atoms with Crippen molar-refractivity contribution in [3.63, 3.8) is 0 Å².